The number of methoxy groups -OCH3 is 1. The van der Waals surface area contributed by atoms with Gasteiger partial charge in [-0.1, -0.05) is 70.2 Å². The summed E-state index contributed by atoms with van der Waals surface area (Å²) >= 11 is 0. The molecule has 2 unspecified atom stereocenters. The van der Waals surface area contributed by atoms with Crippen LogP contribution < -0.4 is 19.5 Å². The van der Waals surface area contributed by atoms with Crippen molar-refractivity contribution in [2.45, 2.75) is 114 Å². The molecule has 7 nitrogen and oxygen atoms in total. The highest BCUT2D eigenvalue weighted by atomic mass is 31.0. The topological polar surface area (TPSA) is 81.7 Å². The number of rotatable bonds is 7. The van der Waals surface area contributed by atoms with E-state index >= 15 is 0 Å². The second kappa shape index (κ2) is 16.9. The Hall–Kier alpha value is -3.50. The molecule has 0 aliphatic heterocycles. The lowest BCUT2D eigenvalue weighted by atomic mass is 10.1. The second-order valence-electron chi connectivity index (χ2n) is 12.1. The van der Waals surface area contributed by atoms with Crippen LogP contribution in [0.15, 0.2) is 18.7 Å². The average molecular weight is 660 g/mol. The van der Waals surface area contributed by atoms with Crippen LogP contribution in [-0.2, 0) is 4.74 Å². The number of allylic oxidation sites excluding steroid dienone is 1. The van der Waals surface area contributed by atoms with Crippen LogP contribution in [-0.4, -0.2) is 28.9 Å². The number of nitriles is 1. The van der Waals surface area contributed by atoms with Crippen molar-refractivity contribution in [1.29, 1.82) is 5.26 Å². The summed E-state index contributed by atoms with van der Waals surface area (Å²) in [6.45, 7) is 26.7. The zero-order chi connectivity index (χ0) is 35.7. The van der Waals surface area contributed by atoms with Gasteiger partial charge < -0.3 is 9.47 Å². The van der Waals surface area contributed by atoms with Crippen molar-refractivity contribution in [3.05, 3.63) is 47.0 Å². The van der Waals surface area contributed by atoms with Gasteiger partial charge in [0, 0.05) is 33.9 Å². The van der Waals surface area contributed by atoms with Crippen LogP contribution in [0.5, 0.6) is 5.75 Å². The molecular weight excluding hydrogens is 605 g/mol. The van der Waals surface area contributed by atoms with E-state index in [1.54, 1.807) is 48.4 Å². The van der Waals surface area contributed by atoms with Gasteiger partial charge in [0.1, 0.15) is 39.8 Å². The van der Waals surface area contributed by atoms with E-state index in [2.05, 4.69) is 45.7 Å². The van der Waals surface area contributed by atoms with E-state index in [-0.39, 0.29) is 28.1 Å². The minimum absolute atomic E-state index is 0.0157. The molecule has 0 radical (unpaired) electrons. The van der Waals surface area contributed by atoms with Crippen LogP contribution in [0.4, 0.5) is 19.4 Å². The van der Waals surface area contributed by atoms with Crippen LogP contribution in [0.25, 0.3) is 27.7 Å². The maximum absolute atomic E-state index is 15.0. The molecule has 0 bridgehead atoms. The third-order valence-electron chi connectivity index (χ3n) is 7.26. The highest BCUT2D eigenvalue weighted by Crippen LogP contribution is 2.36. The predicted molar refractivity (Wildman–Crippen MR) is 190 cm³/mol. The van der Waals surface area contributed by atoms with E-state index in [1.165, 1.54) is 19.8 Å². The number of benzene rings is 1. The van der Waals surface area contributed by atoms with Gasteiger partial charge in [0.15, 0.2) is 6.21 Å². The molecule has 2 heterocycles. The van der Waals surface area contributed by atoms with Crippen molar-refractivity contribution in [2.75, 3.05) is 12.4 Å². The first kappa shape index (κ1) is 40.5. The molecule has 0 fully saturated rings. The van der Waals surface area contributed by atoms with Crippen molar-refractivity contribution < 1.29 is 27.3 Å². The molecule has 46 heavy (non-hydrogen) atoms. The molecule has 3 aromatic rings. The van der Waals surface area contributed by atoms with E-state index in [0.29, 0.717) is 33.6 Å². The monoisotopic (exact) mass is 659 g/mol. The van der Waals surface area contributed by atoms with Gasteiger partial charge in [0.2, 0.25) is 11.2 Å². The first-order chi connectivity index (χ1) is 21.4. The predicted octanol–water partition coefficient (Wildman–Crippen LogP) is 9.48. The Morgan fingerprint density at radius 1 is 1.17 bits per heavy atom. The summed E-state index contributed by atoms with van der Waals surface area (Å²) in [5.41, 5.74) is -1.20. The normalized spacial score (nSPS) is 13.2. The van der Waals surface area contributed by atoms with E-state index in [1.807, 2.05) is 43.4 Å². The minimum Gasteiger partial charge on any atom is -0.496 e. The van der Waals surface area contributed by atoms with Gasteiger partial charge in [0.05, 0.1) is 7.11 Å². The van der Waals surface area contributed by atoms with Crippen molar-refractivity contribution in [3.63, 3.8) is 0 Å². The van der Waals surface area contributed by atoms with Crippen molar-refractivity contribution in [1.82, 2.24) is 4.40 Å². The molecule has 2 atom stereocenters. The van der Waals surface area contributed by atoms with Crippen LogP contribution in [0, 0.1) is 30.4 Å². The molecule has 1 aromatic carbocycles. The van der Waals surface area contributed by atoms with Crippen molar-refractivity contribution in [3.8, 4) is 11.8 Å². The highest BCUT2D eigenvalue weighted by molar-refractivity contribution is 7.19. The summed E-state index contributed by atoms with van der Waals surface area (Å²) in [4.78, 5) is 13.1. The fraction of sp³-hybridized carbons (Fsp3) is 0.528. The largest absolute Gasteiger partial charge is 0.496 e. The lowest BCUT2D eigenvalue weighted by molar-refractivity contribution is -0.486. The lowest BCUT2D eigenvalue weighted by Crippen LogP contribution is -2.30. The third-order valence-corrected chi connectivity index (χ3v) is 7.69. The molecule has 0 spiro atoms. The van der Waals surface area contributed by atoms with Gasteiger partial charge >= 0.3 is 6.09 Å². The van der Waals surface area contributed by atoms with E-state index in [9.17, 15) is 18.8 Å². The Kier molecular flexibility index (Phi) is 14.9. The molecule has 254 valence electrons. The number of aromatic nitrogens is 2. The number of carbonyl (C=O) groups excluding carboxylic acids is 1. The first-order valence-electron chi connectivity index (χ1n) is 15.9. The maximum Gasteiger partial charge on any atom is 0.413 e. The average Bonchev–Trinajstić information content (AvgIpc) is 3.28. The summed E-state index contributed by atoms with van der Waals surface area (Å²) in [6, 6.07) is 5.79. The highest BCUT2D eigenvalue weighted by Gasteiger charge is 2.34. The maximum atomic E-state index is 15.0. The number of ether oxygens (including phenoxy) is 2. The number of amides is 1. The van der Waals surface area contributed by atoms with Crippen LogP contribution in [0.3, 0.4) is 0 Å². The Bertz CT molecular complexity index is 1720. The number of unbranched alkanes of at least 4 members (excludes halogenated alkanes) is 1. The molecule has 10 heteroatoms. The van der Waals surface area contributed by atoms with Crippen LogP contribution >= 0.6 is 9.24 Å². The lowest BCUT2D eigenvalue weighted by Gasteiger charge is -2.20. The van der Waals surface area contributed by atoms with Crippen molar-refractivity contribution in [2.24, 2.45) is 5.92 Å². The molecular formula is C36H54F2N4O3P+. The first-order valence-corrected chi connectivity index (χ1v) is 16.5. The molecule has 3 rings (SSSR count). The van der Waals surface area contributed by atoms with Gasteiger partial charge in [-0.15, -0.1) is 0 Å². The number of halogens is 2. The summed E-state index contributed by atoms with van der Waals surface area (Å²) in [7, 11) is 3.09. The number of hydrogen-bond acceptors (Lipinski definition) is 4. The number of anilines is 1. The molecule has 0 saturated heterocycles. The Labute approximate surface area is 276 Å². The summed E-state index contributed by atoms with van der Waals surface area (Å²) in [5.74, 6) is 0.702. The SMILES string of the molecule is C=C(C)c1c2/c(=C(\C)C(F)(F)P)c(C#N)c(NC(=O)OC(C)(C)C)n2c2c(C)c(OC)ccc2[n+]1=CC(C)CC.CC.CCCC. The molecule has 0 saturated carbocycles. The Morgan fingerprint density at radius 2 is 1.74 bits per heavy atom. The zero-order valence-corrected chi connectivity index (χ0v) is 31.2. The number of alkyl halides is 2. The fourth-order valence-electron chi connectivity index (χ4n) is 4.70. The number of aryl methyl sites for hydroxylation is 1. The number of fused-ring (bicyclic) bond motifs is 3. The standard InChI is InChI=1S/C30H37F2N4O3P.C4H10.C2H6/c1-11-17(4)15-35-21-12-13-22(38-10)18(5)25(21)36-26(24(35)16(2)3)23(19(6)30(31,32)40)20(14-33)27(36)34-28(37)39-29(7,8)9;1-3-4-2;1-2/h12-13,15,17H,2,11,40H2,1,3-10H3;3-4H2,1-2H3;1-2H3/p+1/b23-19+,35-15?;;. The number of hydrogen-bond donors (Lipinski definition) is 1. The van der Waals surface area contributed by atoms with Gasteiger partial charge in [0.25, 0.3) is 5.66 Å². The van der Waals surface area contributed by atoms with E-state index < -0.39 is 17.4 Å². The van der Waals surface area contributed by atoms with Crippen molar-refractivity contribution >= 4 is 48.8 Å². The van der Waals surface area contributed by atoms with Gasteiger partial charge in [-0.05, 0) is 54.0 Å². The minimum atomic E-state index is -3.34. The van der Waals surface area contributed by atoms with Gasteiger partial charge in [-0.2, -0.15) is 18.3 Å². The molecule has 0 aliphatic carbocycles. The fourth-order valence-corrected chi connectivity index (χ4v) is 4.85. The quantitative estimate of drug-likeness (QED) is 0.202. The summed E-state index contributed by atoms with van der Waals surface area (Å²) in [5, 5.41) is 13.1. The Morgan fingerprint density at radius 3 is 2.15 bits per heavy atom. The molecule has 2 aromatic heterocycles. The number of nitrogens with zero attached hydrogens (tertiary/aromatic N) is 3. The molecule has 0 aliphatic rings. The summed E-state index contributed by atoms with van der Waals surface area (Å²) in [6.07, 6.45) is 4.68. The van der Waals surface area contributed by atoms with E-state index in [4.69, 9.17) is 9.47 Å². The number of carbonyl (C=O) groups is 1. The third kappa shape index (κ3) is 9.06. The number of nitrogens with one attached hydrogen (secondary N) is 1. The van der Waals surface area contributed by atoms with Crippen LogP contribution in [0.1, 0.15) is 112 Å². The molecule has 1 N–H and O–H groups in total. The second-order valence-corrected chi connectivity index (χ2v) is 12.8. The zero-order valence-electron chi connectivity index (χ0n) is 30.0. The van der Waals surface area contributed by atoms with E-state index in [0.717, 1.165) is 11.9 Å². The van der Waals surface area contributed by atoms with Gasteiger partial charge in [-0.25, -0.2) is 4.79 Å². The smallest absolute Gasteiger partial charge is 0.413 e. The van der Waals surface area contributed by atoms with Crippen LogP contribution in [0.2, 0.25) is 0 Å². The summed E-state index contributed by atoms with van der Waals surface area (Å²) < 4.78 is 44.7. The Balaban J connectivity index is 0.00000163. The molecule has 1 amide bonds. The van der Waals surface area contributed by atoms with Gasteiger partial charge in [-0.3, -0.25) is 9.72 Å².